The van der Waals surface area contributed by atoms with Crippen LogP contribution in [0.5, 0.6) is 0 Å². The number of anilines is 3. The van der Waals surface area contributed by atoms with Crippen LogP contribution in [0.3, 0.4) is 0 Å². The van der Waals surface area contributed by atoms with Crippen LogP contribution >= 0.6 is 12.2 Å². The molecule has 0 aliphatic heterocycles. The van der Waals surface area contributed by atoms with Gasteiger partial charge in [0.25, 0.3) is 28.4 Å². The molecule has 0 aliphatic rings. The van der Waals surface area contributed by atoms with Crippen molar-refractivity contribution in [3.05, 3.63) is 108 Å². The van der Waals surface area contributed by atoms with Crippen LogP contribution in [0.4, 0.5) is 21.5 Å². The van der Waals surface area contributed by atoms with Crippen LogP contribution in [0, 0.1) is 10.6 Å². The lowest BCUT2D eigenvalue weighted by molar-refractivity contribution is 0.0696. The number of fused-ring (bicyclic) bond motifs is 1. The molecule has 212 valence electrons. The van der Waals surface area contributed by atoms with E-state index in [1.165, 1.54) is 34.7 Å². The molecule has 0 bridgehead atoms. The van der Waals surface area contributed by atoms with E-state index in [0.717, 1.165) is 6.07 Å². The Morgan fingerprint density at radius 2 is 1.64 bits per heavy atom. The van der Waals surface area contributed by atoms with Crippen molar-refractivity contribution in [1.29, 1.82) is 0 Å². The Balaban J connectivity index is 1.32. The predicted molar refractivity (Wildman–Crippen MR) is 149 cm³/mol. The minimum atomic E-state index is -1.08. The van der Waals surface area contributed by atoms with Gasteiger partial charge in [0.15, 0.2) is 0 Å². The number of benzene rings is 2. The first-order valence-electron chi connectivity index (χ1n) is 12.0. The highest BCUT2D eigenvalue weighted by atomic mass is 32.1. The zero-order valence-electron chi connectivity index (χ0n) is 21.2. The largest absolute Gasteiger partial charge is 0.478 e. The number of nitrogens with two attached hydrogens (primary N) is 1. The number of aromatic carboxylic acids is 1. The number of carboxylic acids is 1. The molecule has 0 unspecified atom stereocenters. The number of hydrogen-bond acceptors (Lipinski definition) is 10. The number of H-pyrrole nitrogens is 1. The monoisotopic (exact) mass is 590 g/mol. The number of nitrogen functional groups attached to an aromatic ring is 1. The highest BCUT2D eigenvalue weighted by molar-refractivity contribution is 7.71. The fourth-order valence-corrected chi connectivity index (χ4v) is 4.18. The quantitative estimate of drug-likeness (QED) is 0.107. The van der Waals surface area contributed by atoms with E-state index in [1.807, 2.05) is 0 Å². The molecule has 16 heteroatoms. The molecule has 0 saturated carbocycles. The summed E-state index contributed by atoms with van der Waals surface area (Å²) in [4.78, 5) is 64.3. The zero-order chi connectivity index (χ0) is 30.1. The van der Waals surface area contributed by atoms with Crippen LogP contribution in [0.2, 0.25) is 0 Å². The Hall–Kier alpha value is -5.77. The minimum absolute atomic E-state index is 0.0371. The van der Waals surface area contributed by atoms with Gasteiger partial charge in [0.2, 0.25) is 4.77 Å². The van der Waals surface area contributed by atoms with Crippen molar-refractivity contribution in [2.75, 3.05) is 11.1 Å². The van der Waals surface area contributed by atoms with Crippen molar-refractivity contribution < 1.29 is 23.9 Å². The van der Waals surface area contributed by atoms with Gasteiger partial charge >= 0.3 is 5.97 Å². The number of nitrogens with zero attached hydrogens (tertiary/aromatic N) is 3. The van der Waals surface area contributed by atoms with E-state index < -0.39 is 34.5 Å². The molecule has 0 aliphatic carbocycles. The second-order valence-corrected chi connectivity index (χ2v) is 9.33. The third kappa shape index (κ3) is 5.33. The van der Waals surface area contributed by atoms with Crippen molar-refractivity contribution in [2.45, 2.75) is 13.1 Å². The van der Waals surface area contributed by atoms with Crippen LogP contribution in [0.15, 0.2) is 58.1 Å². The summed E-state index contributed by atoms with van der Waals surface area (Å²) < 4.78 is 15.6. The van der Waals surface area contributed by atoms with Gasteiger partial charge in [-0.05, 0) is 53.7 Å². The van der Waals surface area contributed by atoms with E-state index in [4.69, 9.17) is 23.1 Å². The van der Waals surface area contributed by atoms with Gasteiger partial charge in [-0.2, -0.15) is 0 Å². The molecule has 2 heterocycles. The Labute approximate surface area is 238 Å². The van der Waals surface area contributed by atoms with Gasteiger partial charge in [-0.1, -0.05) is 18.2 Å². The third-order valence-electron chi connectivity index (χ3n) is 6.20. The number of carboxylic acid groups (broad SMARTS) is 1. The highest BCUT2D eigenvalue weighted by Crippen LogP contribution is 2.22. The number of carbonyl (C=O) groups is 3. The van der Waals surface area contributed by atoms with Crippen molar-refractivity contribution in [3.8, 4) is 0 Å². The maximum Gasteiger partial charge on any atom is 0.335 e. The van der Waals surface area contributed by atoms with E-state index in [0.29, 0.717) is 11.1 Å². The maximum absolute atomic E-state index is 14.3. The van der Waals surface area contributed by atoms with E-state index >= 15 is 0 Å². The molecule has 0 radical (unpaired) electrons. The van der Waals surface area contributed by atoms with Gasteiger partial charge in [-0.15, -0.1) is 5.10 Å². The highest BCUT2D eigenvalue weighted by Gasteiger charge is 2.21. The summed E-state index contributed by atoms with van der Waals surface area (Å²) >= 11 is 5.20. The number of aromatic amines is 1. The lowest BCUT2D eigenvalue weighted by Crippen LogP contribution is -2.36. The molecule has 0 fully saturated rings. The number of hydrogen-bond donors (Lipinski definition) is 6. The molecular formula is C26H19FN8O6S. The molecule has 14 nitrogen and oxygen atoms in total. The Kier molecular flexibility index (Phi) is 7.28. The van der Waals surface area contributed by atoms with Crippen LogP contribution in [0.1, 0.15) is 42.5 Å². The van der Waals surface area contributed by atoms with Crippen LogP contribution < -0.4 is 32.5 Å². The number of amides is 2. The van der Waals surface area contributed by atoms with Gasteiger partial charge in [-0.3, -0.25) is 19.2 Å². The van der Waals surface area contributed by atoms with E-state index in [9.17, 15) is 28.4 Å². The van der Waals surface area contributed by atoms with Crippen LogP contribution in [-0.2, 0) is 13.1 Å². The van der Waals surface area contributed by atoms with E-state index in [-0.39, 0.29) is 57.7 Å². The van der Waals surface area contributed by atoms with E-state index in [1.54, 1.807) is 12.1 Å². The fraction of sp³-hybridized carbons (Fsp3) is 0.0769. The molecule has 7 N–H and O–H groups in total. The van der Waals surface area contributed by atoms with Gasteiger partial charge in [0.1, 0.15) is 28.6 Å². The normalized spacial score (nSPS) is 11.0. The number of rotatable bonds is 9. The number of aromatic nitrogens is 4. The molecular weight excluding hydrogens is 571 g/mol. The van der Waals surface area contributed by atoms with Gasteiger partial charge < -0.3 is 26.8 Å². The maximum atomic E-state index is 14.3. The zero-order valence-corrected chi connectivity index (χ0v) is 22.0. The summed E-state index contributed by atoms with van der Waals surface area (Å²) in [5.74, 6) is -3.12. The second kappa shape index (κ2) is 11.0. The summed E-state index contributed by atoms with van der Waals surface area (Å²) in [5, 5.41) is 23.3. The summed E-state index contributed by atoms with van der Waals surface area (Å²) in [6, 6.07) is 11.0. The summed E-state index contributed by atoms with van der Waals surface area (Å²) in [7, 11) is 0. The summed E-state index contributed by atoms with van der Waals surface area (Å²) in [6.07, 6.45) is 0. The molecule has 2 aromatic heterocycles. The molecule has 0 atom stereocenters. The first kappa shape index (κ1) is 27.8. The SMILES string of the molecule is Nc1c(Nc2cc(CNC(=O)c3cc(C(=O)NCc4ccc(C(=O)O)cc4)n4c(=S)[nH]nc4n3)ccc2F)c(=O)c1=O. The Morgan fingerprint density at radius 3 is 2.33 bits per heavy atom. The first-order chi connectivity index (χ1) is 20.0. The number of halogens is 1. The molecule has 42 heavy (non-hydrogen) atoms. The molecule has 0 saturated heterocycles. The summed E-state index contributed by atoms with van der Waals surface area (Å²) in [5.41, 5.74) is 4.11. The van der Waals surface area contributed by atoms with Gasteiger partial charge in [0.05, 0.1) is 11.3 Å². The lowest BCUT2D eigenvalue weighted by atomic mass is 10.1. The van der Waals surface area contributed by atoms with Crippen molar-refractivity contribution in [2.24, 2.45) is 0 Å². The number of carbonyl (C=O) groups excluding carboxylic acids is 2. The second-order valence-electron chi connectivity index (χ2n) is 8.94. The van der Waals surface area contributed by atoms with E-state index in [2.05, 4.69) is 31.1 Å². The minimum Gasteiger partial charge on any atom is -0.478 e. The molecule has 0 spiro atoms. The van der Waals surface area contributed by atoms with Crippen molar-refractivity contribution in [1.82, 2.24) is 30.2 Å². The predicted octanol–water partition coefficient (Wildman–Crippen LogP) is 1.41. The fourth-order valence-electron chi connectivity index (χ4n) is 3.96. The molecule has 5 rings (SSSR count). The lowest BCUT2D eigenvalue weighted by Gasteiger charge is -2.13. The molecule has 2 amide bonds. The average Bonchev–Trinajstić information content (AvgIpc) is 3.37. The Bertz CT molecular complexity index is 2030. The first-order valence-corrected chi connectivity index (χ1v) is 12.5. The third-order valence-corrected chi connectivity index (χ3v) is 6.47. The smallest absolute Gasteiger partial charge is 0.335 e. The van der Waals surface area contributed by atoms with Gasteiger partial charge in [-0.25, -0.2) is 23.7 Å². The van der Waals surface area contributed by atoms with Crippen molar-refractivity contribution in [3.63, 3.8) is 0 Å². The summed E-state index contributed by atoms with van der Waals surface area (Å²) in [6.45, 7) is -0.0404. The Morgan fingerprint density at radius 1 is 0.976 bits per heavy atom. The standard InChI is InChI=1S/C26H19FN8O6S/c27-14-6-3-12(7-15(14)31-19-18(28)20(36)21(19)37)10-29-22(38)16-8-17(35-25(32-16)33-34-26(35)42)23(39)30-9-11-1-4-13(5-2-11)24(40)41/h1-8,31H,9-10,28H2,(H,29,38)(H,30,39)(H,34,42)(H,40,41). The van der Waals surface area contributed by atoms with Crippen LogP contribution in [-0.4, -0.2) is 42.5 Å². The average molecular weight is 591 g/mol. The van der Waals surface area contributed by atoms with Crippen LogP contribution in [0.25, 0.3) is 5.78 Å². The molecule has 3 aromatic carbocycles. The van der Waals surface area contributed by atoms with Gasteiger partial charge in [0, 0.05) is 13.1 Å². The molecule has 5 aromatic rings. The topological polar surface area (TPSA) is 214 Å². The number of nitrogens with one attached hydrogen (secondary N) is 4. The van der Waals surface area contributed by atoms with Crippen molar-refractivity contribution >= 4 is 52.8 Å².